The third kappa shape index (κ3) is 4.95. The highest BCUT2D eigenvalue weighted by atomic mass is 19.0. The SMILES string of the molecule is F.c1ccc(N(c2cccc3ccccc23)c2cccc3c(N(c4ccccc4)c4cccc5ccccc45)cccc23)cc1. The van der Waals surface area contributed by atoms with Crippen molar-refractivity contribution in [2.24, 2.45) is 0 Å². The molecule has 0 atom stereocenters. The van der Waals surface area contributed by atoms with E-state index >= 15 is 0 Å². The van der Waals surface area contributed by atoms with Crippen LogP contribution in [0, 0.1) is 0 Å². The van der Waals surface area contributed by atoms with E-state index in [1.54, 1.807) is 0 Å². The van der Waals surface area contributed by atoms with Crippen LogP contribution in [-0.4, -0.2) is 0 Å². The lowest BCUT2D eigenvalue weighted by Crippen LogP contribution is -2.13. The standard InChI is InChI=1S/C42H30N2.FH/c1-3-19-33(20-4-1)43(39-27-11-17-31-15-7-9-23-35(31)39)41-29-13-26-38-37(41)25-14-30-42(38)44(34-21-5-2-6-22-34)40-28-12-18-32-16-8-10-24-36(32)40;/h1-30H;1H. The largest absolute Gasteiger partial charge is 0.309 e. The molecule has 0 N–H and O–H groups in total. The summed E-state index contributed by atoms with van der Waals surface area (Å²) in [4.78, 5) is 4.80. The fourth-order valence-electron chi connectivity index (χ4n) is 6.44. The first-order chi connectivity index (χ1) is 21.9. The first kappa shape index (κ1) is 27.9. The van der Waals surface area contributed by atoms with E-state index in [-0.39, 0.29) is 4.70 Å². The van der Waals surface area contributed by atoms with Gasteiger partial charge in [-0.3, -0.25) is 4.70 Å². The summed E-state index contributed by atoms with van der Waals surface area (Å²) in [5.41, 5.74) is 6.82. The number of nitrogens with zero attached hydrogens (tertiary/aromatic N) is 2. The van der Waals surface area contributed by atoms with Crippen molar-refractivity contribution in [2.45, 2.75) is 0 Å². The zero-order valence-corrected chi connectivity index (χ0v) is 24.6. The fourth-order valence-corrected chi connectivity index (χ4v) is 6.44. The molecule has 0 fully saturated rings. The number of anilines is 6. The van der Waals surface area contributed by atoms with Crippen molar-refractivity contribution in [3.63, 3.8) is 0 Å². The first-order valence-electron chi connectivity index (χ1n) is 15.0. The number of hydrogen-bond acceptors (Lipinski definition) is 2. The summed E-state index contributed by atoms with van der Waals surface area (Å²) >= 11 is 0. The van der Waals surface area contributed by atoms with Gasteiger partial charge in [0.25, 0.3) is 0 Å². The lowest BCUT2D eigenvalue weighted by molar-refractivity contribution is 1.11. The number of rotatable bonds is 6. The summed E-state index contributed by atoms with van der Waals surface area (Å²) in [6.07, 6.45) is 0. The van der Waals surface area contributed by atoms with Crippen LogP contribution in [0.15, 0.2) is 182 Å². The van der Waals surface area contributed by atoms with Gasteiger partial charge < -0.3 is 9.80 Å². The Hall–Kier alpha value is -5.93. The van der Waals surface area contributed by atoms with Gasteiger partial charge in [0, 0.05) is 32.9 Å². The molecule has 8 aromatic rings. The number of para-hydroxylation sites is 2. The van der Waals surface area contributed by atoms with E-state index < -0.39 is 0 Å². The second kappa shape index (κ2) is 12.0. The van der Waals surface area contributed by atoms with E-state index in [9.17, 15) is 0 Å². The third-order valence-corrected chi connectivity index (χ3v) is 8.40. The van der Waals surface area contributed by atoms with Crippen molar-refractivity contribution in [1.82, 2.24) is 0 Å². The molecule has 0 aromatic heterocycles. The summed E-state index contributed by atoms with van der Waals surface area (Å²) in [6, 6.07) is 65.1. The zero-order chi connectivity index (χ0) is 29.3. The molecule has 0 saturated carbocycles. The highest BCUT2D eigenvalue weighted by Gasteiger charge is 2.21. The van der Waals surface area contributed by atoms with Gasteiger partial charge in [0.2, 0.25) is 0 Å². The van der Waals surface area contributed by atoms with Gasteiger partial charge in [-0.05, 0) is 59.3 Å². The Labute approximate surface area is 262 Å². The summed E-state index contributed by atoms with van der Waals surface area (Å²) in [7, 11) is 0. The molecule has 0 aliphatic rings. The van der Waals surface area contributed by atoms with Crippen LogP contribution in [0.3, 0.4) is 0 Å². The Bertz CT molecular complexity index is 2070. The number of fused-ring (bicyclic) bond motifs is 3. The Morgan fingerprint density at radius 3 is 0.956 bits per heavy atom. The molecule has 0 aliphatic heterocycles. The van der Waals surface area contributed by atoms with Crippen molar-refractivity contribution in [2.75, 3.05) is 9.80 Å². The predicted octanol–water partition coefficient (Wildman–Crippen LogP) is 12.2. The molecule has 2 nitrogen and oxygen atoms in total. The fraction of sp³-hybridized carbons (Fsp3) is 0. The van der Waals surface area contributed by atoms with E-state index in [1.165, 1.54) is 32.3 Å². The molecule has 0 bridgehead atoms. The number of hydrogen-bond donors (Lipinski definition) is 0. The van der Waals surface area contributed by atoms with Gasteiger partial charge in [-0.15, -0.1) is 0 Å². The van der Waals surface area contributed by atoms with Gasteiger partial charge in [-0.1, -0.05) is 133 Å². The van der Waals surface area contributed by atoms with Crippen molar-refractivity contribution < 1.29 is 4.70 Å². The molecule has 8 aromatic carbocycles. The molecule has 0 amide bonds. The van der Waals surface area contributed by atoms with Gasteiger partial charge in [-0.25, -0.2) is 0 Å². The quantitative estimate of drug-likeness (QED) is 0.192. The van der Waals surface area contributed by atoms with Crippen LogP contribution >= 0.6 is 0 Å². The van der Waals surface area contributed by atoms with E-state index in [2.05, 4.69) is 192 Å². The Kier molecular flexibility index (Phi) is 7.42. The number of benzene rings is 8. The molecule has 3 heteroatoms. The molecule has 45 heavy (non-hydrogen) atoms. The summed E-state index contributed by atoms with van der Waals surface area (Å²) in [5, 5.41) is 7.24. The van der Waals surface area contributed by atoms with Crippen LogP contribution in [0.4, 0.5) is 38.8 Å². The lowest BCUT2D eigenvalue weighted by atomic mass is 10.0. The third-order valence-electron chi connectivity index (χ3n) is 8.40. The Morgan fingerprint density at radius 1 is 0.244 bits per heavy atom. The minimum Gasteiger partial charge on any atom is -0.309 e. The van der Waals surface area contributed by atoms with Crippen molar-refractivity contribution >= 4 is 66.4 Å². The van der Waals surface area contributed by atoms with E-state index in [0.717, 1.165) is 34.1 Å². The van der Waals surface area contributed by atoms with Crippen LogP contribution in [0.2, 0.25) is 0 Å². The topological polar surface area (TPSA) is 6.48 Å². The van der Waals surface area contributed by atoms with Crippen molar-refractivity contribution in [1.29, 1.82) is 0 Å². The average Bonchev–Trinajstić information content (AvgIpc) is 3.10. The van der Waals surface area contributed by atoms with Crippen LogP contribution in [-0.2, 0) is 0 Å². The van der Waals surface area contributed by atoms with Crippen molar-refractivity contribution in [3.05, 3.63) is 182 Å². The first-order valence-corrected chi connectivity index (χ1v) is 15.0. The molecule has 0 radical (unpaired) electrons. The molecule has 0 heterocycles. The summed E-state index contributed by atoms with van der Waals surface area (Å²) in [5.74, 6) is 0. The number of halogens is 1. The van der Waals surface area contributed by atoms with Gasteiger partial charge >= 0.3 is 0 Å². The van der Waals surface area contributed by atoms with Crippen LogP contribution in [0.5, 0.6) is 0 Å². The lowest BCUT2D eigenvalue weighted by Gasteiger charge is -2.30. The average molecular weight is 583 g/mol. The molecule has 0 unspecified atom stereocenters. The molecule has 0 saturated heterocycles. The molecule has 8 rings (SSSR count). The van der Waals surface area contributed by atoms with Gasteiger partial charge in [0.05, 0.1) is 22.7 Å². The molecular weight excluding hydrogens is 551 g/mol. The van der Waals surface area contributed by atoms with Crippen molar-refractivity contribution in [3.8, 4) is 0 Å². The smallest absolute Gasteiger partial charge is 0.0541 e. The van der Waals surface area contributed by atoms with Gasteiger partial charge in [0.15, 0.2) is 0 Å². The maximum absolute atomic E-state index is 2.40. The maximum atomic E-state index is 2.40. The highest BCUT2D eigenvalue weighted by Crippen LogP contribution is 2.46. The zero-order valence-electron chi connectivity index (χ0n) is 24.6. The minimum absolute atomic E-state index is 0. The van der Waals surface area contributed by atoms with Gasteiger partial charge in [-0.2, -0.15) is 0 Å². The molecule has 0 spiro atoms. The van der Waals surface area contributed by atoms with E-state index in [1.807, 2.05) is 0 Å². The molecule has 216 valence electrons. The van der Waals surface area contributed by atoms with E-state index in [4.69, 9.17) is 0 Å². The monoisotopic (exact) mass is 582 g/mol. The summed E-state index contributed by atoms with van der Waals surface area (Å²) < 4.78 is 0. The predicted molar refractivity (Wildman–Crippen MR) is 191 cm³/mol. The van der Waals surface area contributed by atoms with Crippen LogP contribution in [0.25, 0.3) is 32.3 Å². The maximum Gasteiger partial charge on any atom is 0.0541 e. The minimum atomic E-state index is 0. The van der Waals surface area contributed by atoms with Crippen LogP contribution < -0.4 is 9.80 Å². The Morgan fingerprint density at radius 2 is 0.533 bits per heavy atom. The highest BCUT2D eigenvalue weighted by molar-refractivity contribution is 6.10. The summed E-state index contributed by atoms with van der Waals surface area (Å²) in [6.45, 7) is 0. The normalized spacial score (nSPS) is 10.9. The molecule has 0 aliphatic carbocycles. The second-order valence-corrected chi connectivity index (χ2v) is 11.0. The Balaban J connectivity index is 0.00000325. The van der Waals surface area contributed by atoms with Gasteiger partial charge in [0.1, 0.15) is 0 Å². The van der Waals surface area contributed by atoms with E-state index in [0.29, 0.717) is 0 Å². The molecular formula is C42H31FN2. The van der Waals surface area contributed by atoms with Crippen LogP contribution in [0.1, 0.15) is 0 Å². The second-order valence-electron chi connectivity index (χ2n) is 11.0.